The number of nitrogens with zero attached hydrogens (tertiary/aromatic N) is 7. The van der Waals surface area contributed by atoms with Crippen molar-refractivity contribution in [2.45, 2.75) is 63.3 Å². The van der Waals surface area contributed by atoms with E-state index in [0.717, 1.165) is 24.8 Å². The topological polar surface area (TPSA) is 90.5 Å². The van der Waals surface area contributed by atoms with Gasteiger partial charge in [-0.05, 0) is 83.4 Å². The summed E-state index contributed by atoms with van der Waals surface area (Å²) in [6.07, 6.45) is 8.29. The molecule has 270 valence electrons. The second-order valence-corrected chi connectivity index (χ2v) is 15.1. The molecule has 2 aliphatic heterocycles. The fraction of sp³-hybridized carbons (Fsp3) is 0.400. The van der Waals surface area contributed by atoms with Crippen molar-refractivity contribution in [1.82, 2.24) is 29.5 Å². The molecule has 1 amide bonds. The molecule has 4 heterocycles. The van der Waals surface area contributed by atoms with Crippen molar-refractivity contribution < 1.29 is 13.9 Å². The van der Waals surface area contributed by atoms with E-state index in [1.54, 1.807) is 29.3 Å². The SMILES string of the molecule is CC(Oc1nc2c(F)c(-c3cccc4cccc(Cl)c34)c(Cl)cc2c2c1cnn2[C@H]1CCN(C(=O)/C=C/CN(C)C)[C@H](CC#N)C1)[C@@H]1CCCN1C. The number of carbonyl (C=O) groups is 1. The highest BCUT2D eigenvalue weighted by Crippen LogP contribution is 2.44. The van der Waals surface area contributed by atoms with Gasteiger partial charge in [-0.25, -0.2) is 9.37 Å². The lowest BCUT2D eigenvalue weighted by Crippen LogP contribution is -2.46. The number of fused-ring (bicyclic) bond motifs is 4. The van der Waals surface area contributed by atoms with Crippen molar-refractivity contribution in [2.75, 3.05) is 40.8 Å². The monoisotopic (exact) mass is 741 g/mol. The van der Waals surface area contributed by atoms with Gasteiger partial charge in [0.25, 0.3) is 0 Å². The predicted octanol–water partition coefficient (Wildman–Crippen LogP) is 8.28. The van der Waals surface area contributed by atoms with Crippen molar-refractivity contribution >= 4 is 61.7 Å². The number of piperidine rings is 1. The van der Waals surface area contributed by atoms with Gasteiger partial charge in [0.2, 0.25) is 11.8 Å². The number of pyridine rings is 1. The first kappa shape index (κ1) is 36.1. The summed E-state index contributed by atoms with van der Waals surface area (Å²) in [7, 11) is 5.97. The Hall–Kier alpha value is -4.27. The van der Waals surface area contributed by atoms with Crippen molar-refractivity contribution in [3.8, 4) is 23.1 Å². The minimum Gasteiger partial charge on any atom is -0.472 e. The number of likely N-dealkylation sites (N-methyl/N-ethyl adjacent to an activating group) is 2. The van der Waals surface area contributed by atoms with E-state index >= 15 is 4.39 Å². The van der Waals surface area contributed by atoms with Crippen LogP contribution in [-0.4, -0.2) is 94.3 Å². The van der Waals surface area contributed by atoms with E-state index in [-0.39, 0.29) is 52.7 Å². The molecule has 12 heteroatoms. The quantitative estimate of drug-likeness (QED) is 0.141. The van der Waals surface area contributed by atoms with Crippen LogP contribution in [0.2, 0.25) is 10.0 Å². The molecular weight excluding hydrogens is 700 g/mol. The number of ether oxygens (including phenoxy) is 1. The molecule has 4 atom stereocenters. The molecule has 0 saturated carbocycles. The highest BCUT2D eigenvalue weighted by molar-refractivity contribution is 6.38. The van der Waals surface area contributed by atoms with Gasteiger partial charge in [-0.3, -0.25) is 14.4 Å². The lowest BCUT2D eigenvalue weighted by Gasteiger charge is -2.38. The van der Waals surface area contributed by atoms with Crippen LogP contribution in [-0.2, 0) is 4.79 Å². The van der Waals surface area contributed by atoms with Crippen LogP contribution in [0.4, 0.5) is 4.39 Å². The molecule has 2 aliphatic rings. The zero-order valence-corrected chi connectivity index (χ0v) is 31.3. The highest BCUT2D eigenvalue weighted by atomic mass is 35.5. The summed E-state index contributed by atoms with van der Waals surface area (Å²) in [5.41, 5.74) is 1.56. The van der Waals surface area contributed by atoms with Crippen LogP contribution in [0.15, 0.2) is 60.8 Å². The van der Waals surface area contributed by atoms with Gasteiger partial charge in [-0.2, -0.15) is 10.4 Å². The number of hydrogen-bond donors (Lipinski definition) is 0. The molecule has 7 rings (SSSR count). The zero-order valence-electron chi connectivity index (χ0n) is 29.8. The highest BCUT2D eigenvalue weighted by Gasteiger charge is 2.35. The molecule has 0 N–H and O–H groups in total. The summed E-state index contributed by atoms with van der Waals surface area (Å²) in [5, 5.41) is 18.1. The Morgan fingerprint density at radius 2 is 1.94 bits per heavy atom. The van der Waals surface area contributed by atoms with E-state index in [4.69, 9.17) is 38.0 Å². The number of nitriles is 1. The average molecular weight is 743 g/mol. The second-order valence-electron chi connectivity index (χ2n) is 14.3. The Morgan fingerprint density at radius 1 is 1.15 bits per heavy atom. The maximum absolute atomic E-state index is 17.2. The van der Waals surface area contributed by atoms with Gasteiger partial charge < -0.3 is 14.5 Å². The molecule has 3 aromatic carbocycles. The molecule has 0 aliphatic carbocycles. The first-order valence-electron chi connectivity index (χ1n) is 17.8. The molecule has 0 radical (unpaired) electrons. The van der Waals surface area contributed by atoms with Crippen molar-refractivity contribution in [3.05, 3.63) is 76.7 Å². The normalized spacial score (nSPS) is 20.4. The minimum absolute atomic E-state index is 0.114. The van der Waals surface area contributed by atoms with Crippen LogP contribution in [0.1, 0.15) is 45.1 Å². The molecule has 0 bridgehead atoms. The van der Waals surface area contributed by atoms with Gasteiger partial charge in [0, 0.05) is 52.6 Å². The Kier molecular flexibility index (Phi) is 10.4. The van der Waals surface area contributed by atoms with Gasteiger partial charge >= 0.3 is 0 Å². The average Bonchev–Trinajstić information content (AvgIpc) is 3.76. The lowest BCUT2D eigenvalue weighted by molar-refractivity contribution is -0.130. The molecule has 0 spiro atoms. The fourth-order valence-corrected chi connectivity index (χ4v) is 8.63. The molecule has 2 aromatic heterocycles. The lowest BCUT2D eigenvalue weighted by atomic mass is 9.94. The van der Waals surface area contributed by atoms with Gasteiger partial charge in [-0.1, -0.05) is 59.6 Å². The van der Waals surface area contributed by atoms with Crippen LogP contribution in [0.5, 0.6) is 5.88 Å². The maximum Gasteiger partial charge on any atom is 0.246 e. The first-order chi connectivity index (χ1) is 25.1. The summed E-state index contributed by atoms with van der Waals surface area (Å²) in [4.78, 5) is 24.2. The third kappa shape index (κ3) is 6.71. The van der Waals surface area contributed by atoms with E-state index in [0.29, 0.717) is 64.1 Å². The molecule has 9 nitrogen and oxygen atoms in total. The van der Waals surface area contributed by atoms with E-state index in [9.17, 15) is 10.1 Å². The number of aromatic nitrogens is 3. The summed E-state index contributed by atoms with van der Waals surface area (Å²) >= 11 is 13.7. The van der Waals surface area contributed by atoms with Crippen molar-refractivity contribution in [3.63, 3.8) is 0 Å². The molecule has 5 aromatic rings. The minimum atomic E-state index is -0.577. The van der Waals surface area contributed by atoms with Gasteiger partial charge in [0.1, 0.15) is 11.6 Å². The number of amides is 1. The third-order valence-electron chi connectivity index (χ3n) is 10.6. The smallest absolute Gasteiger partial charge is 0.246 e. The van der Waals surface area contributed by atoms with E-state index in [1.807, 2.05) is 67.0 Å². The summed E-state index contributed by atoms with van der Waals surface area (Å²) in [6, 6.07) is 14.9. The van der Waals surface area contributed by atoms with Crippen LogP contribution in [0.25, 0.3) is 43.7 Å². The zero-order chi connectivity index (χ0) is 36.7. The number of hydrogen-bond acceptors (Lipinski definition) is 7. The van der Waals surface area contributed by atoms with Gasteiger partial charge in [-0.15, -0.1) is 0 Å². The first-order valence-corrected chi connectivity index (χ1v) is 18.5. The molecular formula is C40H42Cl2FN7O2. The van der Waals surface area contributed by atoms with Gasteiger partial charge in [0.15, 0.2) is 5.82 Å². The number of carbonyl (C=O) groups excluding carboxylic acids is 1. The summed E-state index contributed by atoms with van der Waals surface area (Å²) in [5.74, 6) is -0.388. The predicted molar refractivity (Wildman–Crippen MR) is 205 cm³/mol. The molecule has 52 heavy (non-hydrogen) atoms. The molecule has 1 unspecified atom stereocenters. The number of halogens is 3. The maximum atomic E-state index is 17.2. The Bertz CT molecular complexity index is 2230. The third-order valence-corrected chi connectivity index (χ3v) is 11.2. The largest absolute Gasteiger partial charge is 0.472 e. The number of likely N-dealkylation sites (tertiary alicyclic amines) is 2. The Balaban J connectivity index is 1.36. The van der Waals surface area contributed by atoms with Crippen LogP contribution >= 0.6 is 23.2 Å². The Labute approximate surface area is 313 Å². The van der Waals surface area contributed by atoms with Crippen LogP contribution in [0.3, 0.4) is 0 Å². The van der Waals surface area contributed by atoms with Crippen molar-refractivity contribution in [1.29, 1.82) is 5.26 Å². The number of benzene rings is 3. The fourth-order valence-electron chi connectivity index (χ4n) is 8.05. The van der Waals surface area contributed by atoms with Crippen molar-refractivity contribution in [2.24, 2.45) is 0 Å². The summed E-state index contributed by atoms with van der Waals surface area (Å²) in [6.45, 7) is 4.10. The van der Waals surface area contributed by atoms with Crippen LogP contribution in [0, 0.1) is 17.1 Å². The van der Waals surface area contributed by atoms with E-state index < -0.39 is 5.82 Å². The van der Waals surface area contributed by atoms with E-state index in [2.05, 4.69) is 18.0 Å². The molecule has 2 saturated heterocycles. The summed E-state index contributed by atoms with van der Waals surface area (Å²) < 4.78 is 25.8. The molecule has 2 fully saturated rings. The second kappa shape index (κ2) is 15.0. The van der Waals surface area contributed by atoms with E-state index in [1.165, 1.54) is 0 Å². The Morgan fingerprint density at radius 3 is 2.67 bits per heavy atom. The number of rotatable bonds is 9. The van der Waals surface area contributed by atoms with Gasteiger partial charge in [0.05, 0.1) is 40.7 Å². The van der Waals surface area contributed by atoms with Crippen LogP contribution < -0.4 is 4.74 Å². The standard InChI is InChI=1S/C40H42Cl2FN7O2/c1-24(33-13-7-19-48(33)4)52-40-30-23-45-50(27-16-20-49(26(21-27)15-17-44)34(51)14-8-18-47(2)3)39(30)29-22-32(42)36(37(43)38(29)46-40)28-11-5-9-25-10-6-12-31(41)35(25)28/h5-6,8-12,14,22-24,26-27,33H,7,13,15-16,18-21H2,1-4H3/b14-8+/t24?,26-,27+,33+/m1/s1.